The largest absolute Gasteiger partial charge is 0.378 e. The van der Waals surface area contributed by atoms with Crippen LogP contribution in [0, 0.1) is 0 Å². The van der Waals surface area contributed by atoms with Crippen LogP contribution in [0.5, 0.6) is 0 Å². The average molecular weight is 378 g/mol. The van der Waals surface area contributed by atoms with Gasteiger partial charge in [-0.2, -0.15) is 0 Å². The van der Waals surface area contributed by atoms with E-state index in [1.165, 1.54) is 5.56 Å². The van der Waals surface area contributed by atoms with E-state index in [9.17, 15) is 0 Å². The molecule has 0 amide bonds. The fraction of sp³-hybridized carbons (Fsp3) is 0.438. The topological polar surface area (TPSA) is 51.4 Å². The van der Waals surface area contributed by atoms with Crippen molar-refractivity contribution in [1.82, 2.24) is 9.88 Å². The zero-order valence-corrected chi connectivity index (χ0v) is 15.8. The average Bonchev–Trinajstić information content (AvgIpc) is 2.94. The van der Waals surface area contributed by atoms with Gasteiger partial charge in [-0.15, -0.1) is 36.2 Å². The van der Waals surface area contributed by atoms with E-state index in [1.807, 2.05) is 6.07 Å². The number of ether oxygens (including phenoxy) is 1. The number of nitrogens with zero attached hydrogens (tertiary/aromatic N) is 2. The molecule has 1 aromatic carbocycles. The molecule has 4 nitrogen and oxygen atoms in total. The van der Waals surface area contributed by atoms with Crippen LogP contribution >= 0.6 is 36.2 Å². The van der Waals surface area contributed by atoms with Gasteiger partial charge in [0.05, 0.1) is 12.3 Å². The van der Waals surface area contributed by atoms with Gasteiger partial charge in [0.1, 0.15) is 5.01 Å². The van der Waals surface area contributed by atoms with E-state index in [0.29, 0.717) is 13.2 Å². The van der Waals surface area contributed by atoms with Crippen LogP contribution < -0.4 is 5.73 Å². The number of benzene rings is 1. The maximum Gasteiger partial charge on any atom is 0.119 e. The Labute approximate surface area is 154 Å². The maximum atomic E-state index is 5.73. The Bertz CT molecular complexity index is 525. The van der Waals surface area contributed by atoms with Crippen LogP contribution in [0.1, 0.15) is 16.3 Å². The summed E-state index contributed by atoms with van der Waals surface area (Å²) in [5, 5.41) is 3.14. The molecule has 0 saturated carbocycles. The number of thiazole rings is 1. The van der Waals surface area contributed by atoms with Crippen molar-refractivity contribution in [2.24, 2.45) is 5.73 Å². The molecule has 0 fully saturated rings. The summed E-state index contributed by atoms with van der Waals surface area (Å²) in [5.41, 5.74) is 8.19. The Morgan fingerprint density at radius 1 is 1.17 bits per heavy atom. The Morgan fingerprint density at radius 2 is 1.91 bits per heavy atom. The summed E-state index contributed by atoms with van der Waals surface area (Å²) in [6.07, 6.45) is 1.04. The number of halogens is 2. The second-order valence-corrected chi connectivity index (χ2v) is 5.91. The molecule has 0 unspecified atom stereocenters. The third-order valence-electron chi connectivity index (χ3n) is 3.26. The zero-order chi connectivity index (χ0) is 14.9. The number of rotatable bonds is 9. The minimum atomic E-state index is 0. The van der Waals surface area contributed by atoms with E-state index in [2.05, 4.69) is 39.5 Å². The summed E-state index contributed by atoms with van der Waals surface area (Å²) in [7, 11) is 1.70. The smallest absolute Gasteiger partial charge is 0.119 e. The molecule has 0 aliphatic rings. The molecule has 2 aromatic rings. The van der Waals surface area contributed by atoms with Crippen molar-refractivity contribution in [3.63, 3.8) is 0 Å². The molecule has 0 bridgehead atoms. The van der Waals surface area contributed by atoms with Crippen molar-refractivity contribution < 1.29 is 4.74 Å². The van der Waals surface area contributed by atoms with Gasteiger partial charge in [-0.25, -0.2) is 4.98 Å². The van der Waals surface area contributed by atoms with Crippen LogP contribution in [0.15, 0.2) is 35.7 Å². The summed E-state index contributed by atoms with van der Waals surface area (Å²) < 4.78 is 5.11. The fourth-order valence-corrected chi connectivity index (χ4v) is 2.98. The first kappa shape index (κ1) is 22.3. The minimum Gasteiger partial charge on any atom is -0.378 e. The molecule has 0 aliphatic carbocycles. The van der Waals surface area contributed by atoms with Crippen molar-refractivity contribution in [2.75, 3.05) is 26.7 Å². The molecular formula is C16H25Cl2N3OS. The normalized spacial score (nSPS) is 10.2. The third-order valence-corrected chi connectivity index (χ3v) is 4.13. The molecule has 1 aromatic heterocycles. The quantitative estimate of drug-likeness (QED) is 0.729. The second-order valence-electron chi connectivity index (χ2n) is 4.97. The summed E-state index contributed by atoms with van der Waals surface area (Å²) in [6.45, 7) is 4.00. The van der Waals surface area contributed by atoms with E-state index in [4.69, 9.17) is 10.5 Å². The van der Waals surface area contributed by atoms with Crippen LogP contribution in [0.4, 0.5) is 0 Å². The number of methoxy groups -OCH3 is 1. The molecule has 2 rings (SSSR count). The number of aromatic nitrogens is 1. The lowest BCUT2D eigenvalue weighted by Gasteiger charge is -2.20. The van der Waals surface area contributed by atoms with E-state index in [1.54, 1.807) is 18.4 Å². The Hall–Kier alpha value is -0.690. The molecule has 130 valence electrons. The highest BCUT2D eigenvalue weighted by Gasteiger charge is 2.09. The lowest BCUT2D eigenvalue weighted by molar-refractivity contribution is 0.184. The van der Waals surface area contributed by atoms with Crippen molar-refractivity contribution in [3.8, 4) is 0 Å². The number of hydrogen-bond donors (Lipinski definition) is 1. The first-order valence-electron chi connectivity index (χ1n) is 7.20. The van der Waals surface area contributed by atoms with Crippen LogP contribution in [-0.2, 0) is 24.3 Å². The molecule has 0 atom stereocenters. The monoisotopic (exact) mass is 377 g/mol. The highest BCUT2D eigenvalue weighted by Crippen LogP contribution is 2.13. The number of nitrogens with two attached hydrogens (primary N) is 1. The van der Waals surface area contributed by atoms with Crippen LogP contribution in [-0.4, -0.2) is 36.6 Å². The SMILES string of the molecule is COCc1nc(CN(CCN)CCc2ccccc2)cs1.Cl.Cl. The Kier molecular flexibility index (Phi) is 12.3. The van der Waals surface area contributed by atoms with Gasteiger partial charge in [-0.3, -0.25) is 4.90 Å². The highest BCUT2D eigenvalue weighted by atomic mass is 35.5. The van der Waals surface area contributed by atoms with E-state index >= 15 is 0 Å². The van der Waals surface area contributed by atoms with Gasteiger partial charge in [-0.1, -0.05) is 30.3 Å². The van der Waals surface area contributed by atoms with E-state index in [0.717, 1.165) is 36.8 Å². The summed E-state index contributed by atoms with van der Waals surface area (Å²) in [5.74, 6) is 0. The molecular weight excluding hydrogens is 353 g/mol. The zero-order valence-electron chi connectivity index (χ0n) is 13.3. The predicted octanol–water partition coefficient (Wildman–Crippen LogP) is 3.14. The van der Waals surface area contributed by atoms with Crippen LogP contribution in [0.2, 0.25) is 0 Å². The lowest BCUT2D eigenvalue weighted by atomic mass is 10.1. The Morgan fingerprint density at radius 3 is 2.57 bits per heavy atom. The van der Waals surface area contributed by atoms with Crippen molar-refractivity contribution in [1.29, 1.82) is 0 Å². The van der Waals surface area contributed by atoms with Crippen molar-refractivity contribution in [3.05, 3.63) is 52.0 Å². The minimum absolute atomic E-state index is 0. The van der Waals surface area contributed by atoms with E-state index in [-0.39, 0.29) is 24.8 Å². The summed E-state index contributed by atoms with van der Waals surface area (Å²) >= 11 is 1.65. The molecule has 0 radical (unpaired) electrons. The lowest BCUT2D eigenvalue weighted by Crippen LogP contribution is -2.31. The fourth-order valence-electron chi connectivity index (χ4n) is 2.22. The van der Waals surface area contributed by atoms with Gasteiger partial charge < -0.3 is 10.5 Å². The van der Waals surface area contributed by atoms with Crippen molar-refractivity contribution >= 4 is 36.2 Å². The van der Waals surface area contributed by atoms with Gasteiger partial charge in [0.2, 0.25) is 0 Å². The molecule has 0 aliphatic heterocycles. The van der Waals surface area contributed by atoms with Crippen LogP contribution in [0.25, 0.3) is 0 Å². The molecule has 1 heterocycles. The van der Waals surface area contributed by atoms with E-state index < -0.39 is 0 Å². The standard InChI is InChI=1S/C16H23N3OS.2ClH/c1-20-12-16-18-15(13-21-16)11-19(10-8-17)9-7-14-5-3-2-4-6-14;;/h2-6,13H,7-12,17H2,1H3;2*1H. The predicted molar refractivity (Wildman–Crippen MR) is 102 cm³/mol. The molecule has 0 spiro atoms. The Balaban J connectivity index is 0.00000242. The highest BCUT2D eigenvalue weighted by molar-refractivity contribution is 7.09. The molecule has 7 heteroatoms. The van der Waals surface area contributed by atoms with Gasteiger partial charge in [0, 0.05) is 38.7 Å². The van der Waals surface area contributed by atoms with Crippen molar-refractivity contribution in [2.45, 2.75) is 19.6 Å². The van der Waals surface area contributed by atoms with Gasteiger partial charge >= 0.3 is 0 Å². The first-order chi connectivity index (χ1) is 10.3. The van der Waals surface area contributed by atoms with Gasteiger partial charge in [0.25, 0.3) is 0 Å². The summed E-state index contributed by atoms with van der Waals surface area (Å²) in [4.78, 5) is 6.95. The third kappa shape index (κ3) is 8.11. The van der Waals surface area contributed by atoms with Gasteiger partial charge in [0.15, 0.2) is 0 Å². The first-order valence-corrected chi connectivity index (χ1v) is 8.08. The summed E-state index contributed by atoms with van der Waals surface area (Å²) in [6, 6.07) is 10.5. The van der Waals surface area contributed by atoms with Crippen LogP contribution in [0.3, 0.4) is 0 Å². The number of hydrogen-bond acceptors (Lipinski definition) is 5. The maximum absolute atomic E-state index is 5.73. The van der Waals surface area contributed by atoms with Gasteiger partial charge in [-0.05, 0) is 12.0 Å². The molecule has 2 N–H and O–H groups in total. The second kappa shape index (κ2) is 12.7. The molecule has 23 heavy (non-hydrogen) atoms. The molecule has 0 saturated heterocycles.